The fourth-order valence-corrected chi connectivity index (χ4v) is 6.32. The summed E-state index contributed by atoms with van der Waals surface area (Å²) < 4.78 is 20.1. The maximum Gasteiger partial charge on any atom is 0.338 e. The molecule has 0 saturated carbocycles. The fourth-order valence-electron chi connectivity index (χ4n) is 5.43. The van der Waals surface area contributed by atoms with Gasteiger partial charge >= 0.3 is 11.9 Å². The van der Waals surface area contributed by atoms with Crippen molar-refractivity contribution in [2.45, 2.75) is 32.0 Å². The topological polar surface area (TPSA) is 111 Å². The lowest BCUT2D eigenvalue weighted by atomic mass is 9.91. The number of halogens is 1. The highest BCUT2D eigenvalue weighted by Crippen LogP contribution is 2.36. The number of likely N-dealkylation sites (N-methyl/N-ethyl adjacent to an activating group) is 1. The predicted molar refractivity (Wildman–Crippen MR) is 148 cm³/mol. The van der Waals surface area contributed by atoms with Crippen LogP contribution in [0.5, 0.6) is 0 Å². The van der Waals surface area contributed by atoms with E-state index in [4.69, 9.17) is 21.9 Å². The Hall–Kier alpha value is -3.42. The van der Waals surface area contributed by atoms with Crippen LogP contribution in [0, 0.1) is 12.7 Å². The van der Waals surface area contributed by atoms with Crippen LogP contribution in [-0.4, -0.2) is 99.6 Å². The van der Waals surface area contributed by atoms with Crippen molar-refractivity contribution >= 4 is 46.4 Å². The average molecular weight is 573 g/mol. The summed E-state index contributed by atoms with van der Waals surface area (Å²) in [7, 11) is 1.86. The molecule has 0 bridgehead atoms. The second-order valence-electron chi connectivity index (χ2n) is 9.59. The first kappa shape index (κ1) is 27.2. The van der Waals surface area contributed by atoms with Crippen LogP contribution in [0.15, 0.2) is 46.0 Å². The minimum absolute atomic E-state index is 0.112. The van der Waals surface area contributed by atoms with E-state index in [-0.39, 0.29) is 24.8 Å². The number of aliphatic imine (C=N–C) groups is 1. The Balaban J connectivity index is 1.60. The molecule has 2 N–H and O–H groups in total. The molecule has 2 saturated heterocycles. The number of fused-ring (bicyclic) bond motifs is 1. The number of ether oxygens (including phenoxy) is 1. The summed E-state index contributed by atoms with van der Waals surface area (Å²) in [4.78, 5) is 40.9. The third kappa shape index (κ3) is 5.01. The quantitative estimate of drug-likeness (QED) is 0.378. The fraction of sp³-hybridized carbons (Fsp3) is 0.423. The van der Waals surface area contributed by atoms with Gasteiger partial charge in [-0.2, -0.15) is 0 Å². The SMILES string of the molecule is CCOC(=O)C1=C(CN2CCN3C(=S)N(C)C[C@H]3[C@@H]2C(=O)O)NC(c2nccs2)=N[C@H]1c1cccc(F)c1C. The molecule has 13 heteroatoms. The van der Waals surface area contributed by atoms with E-state index in [9.17, 15) is 19.1 Å². The van der Waals surface area contributed by atoms with Crippen molar-refractivity contribution in [3.8, 4) is 0 Å². The highest BCUT2D eigenvalue weighted by atomic mass is 32.1. The lowest BCUT2D eigenvalue weighted by molar-refractivity contribution is -0.146. The smallest absolute Gasteiger partial charge is 0.338 e. The first-order valence-electron chi connectivity index (χ1n) is 12.6. The first-order valence-corrected chi connectivity index (χ1v) is 13.9. The molecule has 3 aliphatic rings. The number of esters is 1. The summed E-state index contributed by atoms with van der Waals surface area (Å²) in [5, 5.41) is 16.6. The number of aliphatic carboxylic acids is 1. The van der Waals surface area contributed by atoms with Crippen molar-refractivity contribution in [3.63, 3.8) is 0 Å². The number of hydrogen-bond acceptors (Lipinski definition) is 9. The lowest BCUT2D eigenvalue weighted by Gasteiger charge is -2.43. The van der Waals surface area contributed by atoms with E-state index in [2.05, 4.69) is 10.3 Å². The number of carbonyl (C=O) groups excluding carboxylic acids is 1. The number of thiazole rings is 1. The van der Waals surface area contributed by atoms with Gasteiger partial charge in [-0.1, -0.05) is 12.1 Å². The molecule has 0 spiro atoms. The molecule has 206 valence electrons. The first-order chi connectivity index (χ1) is 18.7. The Bertz CT molecular complexity index is 1360. The van der Waals surface area contributed by atoms with Gasteiger partial charge in [0.2, 0.25) is 0 Å². The van der Waals surface area contributed by atoms with E-state index < -0.39 is 29.8 Å². The van der Waals surface area contributed by atoms with E-state index in [0.29, 0.717) is 52.4 Å². The highest BCUT2D eigenvalue weighted by molar-refractivity contribution is 7.80. The molecule has 39 heavy (non-hydrogen) atoms. The second kappa shape index (κ2) is 11.0. The molecule has 5 rings (SSSR count). The molecule has 2 fully saturated rings. The van der Waals surface area contributed by atoms with Gasteiger partial charge in [-0.15, -0.1) is 11.3 Å². The van der Waals surface area contributed by atoms with Gasteiger partial charge < -0.3 is 25.0 Å². The number of benzene rings is 1. The van der Waals surface area contributed by atoms with Crippen LogP contribution in [0.3, 0.4) is 0 Å². The number of nitrogens with zero attached hydrogens (tertiary/aromatic N) is 5. The van der Waals surface area contributed by atoms with Gasteiger partial charge in [0.25, 0.3) is 0 Å². The molecule has 4 heterocycles. The minimum atomic E-state index is -0.969. The van der Waals surface area contributed by atoms with Gasteiger partial charge in [0, 0.05) is 50.5 Å². The minimum Gasteiger partial charge on any atom is -0.480 e. The summed E-state index contributed by atoms with van der Waals surface area (Å²) in [5.41, 5.74) is 1.56. The number of carboxylic acid groups (broad SMARTS) is 1. The molecular weight excluding hydrogens is 543 g/mol. The van der Waals surface area contributed by atoms with Crippen molar-refractivity contribution in [2.75, 3.05) is 39.8 Å². The molecule has 3 aliphatic heterocycles. The third-order valence-corrected chi connectivity index (χ3v) is 8.62. The number of carboxylic acids is 1. The van der Waals surface area contributed by atoms with Gasteiger partial charge in [-0.05, 0) is 43.3 Å². The van der Waals surface area contributed by atoms with Gasteiger partial charge in [0.05, 0.1) is 18.2 Å². The Kier molecular flexibility index (Phi) is 7.65. The van der Waals surface area contributed by atoms with E-state index in [1.165, 1.54) is 17.4 Å². The molecule has 2 aromatic rings. The molecule has 0 unspecified atom stereocenters. The Labute approximate surface area is 234 Å². The summed E-state index contributed by atoms with van der Waals surface area (Å²) in [6.45, 7) is 5.06. The standard InChI is InChI=1S/C26H29FN6O4S2/c1-4-37-25(36)19-17(12-32-9-10-33-18(21(32)24(34)35)13-31(3)26(33)38)29-22(23-28-8-11-39-23)30-20(19)15-6-5-7-16(27)14(15)2/h5-8,11,18,20-21H,4,9-10,12-13H2,1-3H3,(H,29,30)(H,34,35)/t18-,20-,21+/m0/s1. The van der Waals surface area contributed by atoms with Crippen molar-refractivity contribution in [3.05, 3.63) is 63.0 Å². The van der Waals surface area contributed by atoms with E-state index in [0.717, 1.165) is 0 Å². The third-order valence-electron chi connectivity index (χ3n) is 7.29. The van der Waals surface area contributed by atoms with Gasteiger partial charge in [0.15, 0.2) is 16.0 Å². The highest BCUT2D eigenvalue weighted by Gasteiger charge is 2.47. The van der Waals surface area contributed by atoms with Crippen LogP contribution >= 0.6 is 23.6 Å². The lowest BCUT2D eigenvalue weighted by Crippen LogP contribution is -2.62. The van der Waals surface area contributed by atoms with Crippen molar-refractivity contribution in [2.24, 2.45) is 4.99 Å². The molecule has 10 nitrogen and oxygen atoms in total. The molecule has 0 aliphatic carbocycles. The van der Waals surface area contributed by atoms with Gasteiger partial charge in [-0.25, -0.2) is 14.2 Å². The number of hydrogen-bond donors (Lipinski definition) is 2. The van der Waals surface area contributed by atoms with Crippen molar-refractivity contribution in [1.29, 1.82) is 0 Å². The van der Waals surface area contributed by atoms with Crippen LogP contribution < -0.4 is 5.32 Å². The Morgan fingerprint density at radius 2 is 2.13 bits per heavy atom. The zero-order chi connectivity index (χ0) is 27.8. The molecule has 1 aromatic carbocycles. The predicted octanol–water partition coefficient (Wildman–Crippen LogP) is 2.17. The van der Waals surface area contributed by atoms with Gasteiger partial charge in [-0.3, -0.25) is 14.7 Å². The van der Waals surface area contributed by atoms with Crippen LogP contribution in [0.1, 0.15) is 29.1 Å². The monoisotopic (exact) mass is 572 g/mol. The number of amidine groups is 1. The largest absolute Gasteiger partial charge is 0.480 e. The van der Waals surface area contributed by atoms with Crippen LogP contribution in [0.2, 0.25) is 0 Å². The van der Waals surface area contributed by atoms with Crippen molar-refractivity contribution in [1.82, 2.24) is 25.0 Å². The molecule has 3 atom stereocenters. The van der Waals surface area contributed by atoms with E-state index in [1.807, 2.05) is 27.1 Å². The van der Waals surface area contributed by atoms with E-state index >= 15 is 0 Å². The molecule has 0 amide bonds. The maximum atomic E-state index is 14.7. The number of thiocarbonyl (C=S) groups is 1. The Morgan fingerprint density at radius 1 is 1.33 bits per heavy atom. The zero-order valence-electron chi connectivity index (χ0n) is 21.8. The van der Waals surface area contributed by atoms with Crippen molar-refractivity contribution < 1.29 is 23.8 Å². The zero-order valence-corrected chi connectivity index (χ0v) is 23.4. The number of aromatic nitrogens is 1. The Morgan fingerprint density at radius 3 is 2.82 bits per heavy atom. The van der Waals surface area contributed by atoms with Crippen LogP contribution in [-0.2, 0) is 14.3 Å². The molecule has 0 radical (unpaired) electrons. The summed E-state index contributed by atoms with van der Waals surface area (Å²) in [5.74, 6) is -1.55. The second-order valence-corrected chi connectivity index (χ2v) is 10.8. The normalized spacial score (nSPS) is 23.4. The van der Waals surface area contributed by atoms with E-state index in [1.54, 1.807) is 32.2 Å². The van der Waals surface area contributed by atoms with Gasteiger partial charge in [0.1, 0.15) is 17.9 Å². The van der Waals surface area contributed by atoms with Crippen LogP contribution in [0.25, 0.3) is 0 Å². The summed E-state index contributed by atoms with van der Waals surface area (Å²) >= 11 is 6.89. The summed E-state index contributed by atoms with van der Waals surface area (Å²) in [6.07, 6.45) is 1.65. The van der Waals surface area contributed by atoms with Crippen LogP contribution in [0.4, 0.5) is 4.39 Å². The molecular formula is C26H29FN6O4S2. The number of rotatable bonds is 7. The number of carbonyl (C=O) groups is 2. The number of piperazine rings is 1. The molecule has 1 aromatic heterocycles. The average Bonchev–Trinajstić information content (AvgIpc) is 3.53. The summed E-state index contributed by atoms with van der Waals surface area (Å²) in [6, 6.07) is 2.61. The maximum absolute atomic E-state index is 14.7. The number of nitrogens with one attached hydrogen (secondary N) is 1.